The highest BCUT2D eigenvalue weighted by Gasteiger charge is 2.17. The molecule has 2 aromatic carbocycles. The Bertz CT molecular complexity index is 1020. The molecule has 0 aliphatic rings. The minimum Gasteiger partial charge on any atom is -0.497 e. The van der Waals surface area contributed by atoms with Gasteiger partial charge in [-0.05, 0) is 61.4 Å². The van der Waals surface area contributed by atoms with Crippen molar-refractivity contribution in [1.29, 1.82) is 0 Å². The standard InChI is InChI=1S/C22H24N2O4/c1-13-10-20(27-4)21(28-5)12-17(13)14(2)23-22(25)19-8-6-15-11-16(26-3)7-9-18(15)24-19/h6-12,14H,1-5H3,(H,23,25). The Kier molecular flexibility index (Phi) is 5.68. The lowest BCUT2D eigenvalue weighted by molar-refractivity contribution is 0.0935. The van der Waals surface area contributed by atoms with Gasteiger partial charge in [0, 0.05) is 5.39 Å². The van der Waals surface area contributed by atoms with Crippen LogP contribution in [0.2, 0.25) is 0 Å². The molecule has 1 atom stereocenters. The largest absolute Gasteiger partial charge is 0.497 e. The molecule has 0 bridgehead atoms. The van der Waals surface area contributed by atoms with Crippen LogP contribution in [0.1, 0.15) is 34.6 Å². The summed E-state index contributed by atoms with van der Waals surface area (Å²) in [6.07, 6.45) is 0. The number of pyridine rings is 1. The van der Waals surface area contributed by atoms with Crippen molar-refractivity contribution in [1.82, 2.24) is 10.3 Å². The Hall–Kier alpha value is -3.28. The molecular weight excluding hydrogens is 356 g/mol. The fourth-order valence-corrected chi connectivity index (χ4v) is 3.17. The molecule has 0 saturated heterocycles. The van der Waals surface area contributed by atoms with E-state index >= 15 is 0 Å². The van der Waals surface area contributed by atoms with Crippen molar-refractivity contribution in [3.63, 3.8) is 0 Å². The number of carbonyl (C=O) groups excluding carboxylic acids is 1. The van der Waals surface area contributed by atoms with Crippen LogP contribution in [-0.2, 0) is 0 Å². The highest BCUT2D eigenvalue weighted by Crippen LogP contribution is 2.33. The second-order valence-corrected chi connectivity index (χ2v) is 6.51. The van der Waals surface area contributed by atoms with Crippen LogP contribution < -0.4 is 19.5 Å². The van der Waals surface area contributed by atoms with E-state index in [1.807, 2.05) is 50.2 Å². The smallest absolute Gasteiger partial charge is 0.270 e. The highest BCUT2D eigenvalue weighted by molar-refractivity contribution is 5.95. The average Bonchev–Trinajstić information content (AvgIpc) is 2.72. The number of ether oxygens (including phenoxy) is 3. The molecule has 1 aromatic heterocycles. The zero-order chi connectivity index (χ0) is 20.3. The molecule has 1 amide bonds. The lowest BCUT2D eigenvalue weighted by atomic mass is 10.0. The summed E-state index contributed by atoms with van der Waals surface area (Å²) in [4.78, 5) is 17.2. The van der Waals surface area contributed by atoms with Crippen LogP contribution in [0.4, 0.5) is 0 Å². The molecule has 1 N–H and O–H groups in total. The first-order valence-electron chi connectivity index (χ1n) is 8.95. The van der Waals surface area contributed by atoms with Crippen molar-refractivity contribution in [3.8, 4) is 17.2 Å². The number of amides is 1. The Labute approximate surface area is 164 Å². The monoisotopic (exact) mass is 380 g/mol. The minimum absolute atomic E-state index is 0.222. The van der Waals surface area contributed by atoms with Gasteiger partial charge in [-0.25, -0.2) is 4.98 Å². The van der Waals surface area contributed by atoms with Crippen molar-refractivity contribution in [3.05, 3.63) is 59.3 Å². The third kappa shape index (κ3) is 3.86. The highest BCUT2D eigenvalue weighted by atomic mass is 16.5. The third-order valence-corrected chi connectivity index (χ3v) is 4.72. The Morgan fingerprint density at radius 1 is 0.964 bits per heavy atom. The Morgan fingerprint density at radius 3 is 2.36 bits per heavy atom. The number of methoxy groups -OCH3 is 3. The van der Waals surface area contributed by atoms with E-state index in [1.54, 1.807) is 27.4 Å². The van der Waals surface area contributed by atoms with Crippen LogP contribution in [-0.4, -0.2) is 32.2 Å². The molecule has 1 unspecified atom stereocenters. The minimum atomic E-state index is -0.237. The number of carbonyl (C=O) groups is 1. The summed E-state index contributed by atoms with van der Waals surface area (Å²) < 4.78 is 15.9. The fourth-order valence-electron chi connectivity index (χ4n) is 3.17. The summed E-state index contributed by atoms with van der Waals surface area (Å²) in [6, 6.07) is 12.7. The predicted molar refractivity (Wildman–Crippen MR) is 108 cm³/mol. The van der Waals surface area contributed by atoms with Gasteiger partial charge in [0.1, 0.15) is 11.4 Å². The molecule has 3 rings (SSSR count). The van der Waals surface area contributed by atoms with Crippen LogP contribution in [0.5, 0.6) is 17.2 Å². The van der Waals surface area contributed by atoms with Gasteiger partial charge in [0.2, 0.25) is 0 Å². The summed E-state index contributed by atoms with van der Waals surface area (Å²) >= 11 is 0. The molecule has 6 heteroatoms. The van der Waals surface area contributed by atoms with Crippen molar-refractivity contribution in [2.24, 2.45) is 0 Å². The second kappa shape index (κ2) is 8.17. The topological polar surface area (TPSA) is 69.7 Å². The van der Waals surface area contributed by atoms with Crippen molar-refractivity contribution >= 4 is 16.8 Å². The van der Waals surface area contributed by atoms with Crippen molar-refractivity contribution in [2.45, 2.75) is 19.9 Å². The summed E-state index contributed by atoms with van der Waals surface area (Å²) in [5.74, 6) is 1.80. The van der Waals surface area contributed by atoms with Crippen LogP contribution in [0.15, 0.2) is 42.5 Å². The quantitative estimate of drug-likeness (QED) is 0.698. The number of hydrogen-bond donors (Lipinski definition) is 1. The van der Waals surface area contributed by atoms with Gasteiger partial charge in [-0.15, -0.1) is 0 Å². The third-order valence-electron chi connectivity index (χ3n) is 4.72. The number of rotatable bonds is 6. The first kappa shape index (κ1) is 19.5. The van der Waals surface area contributed by atoms with E-state index < -0.39 is 0 Å². The van der Waals surface area contributed by atoms with E-state index in [4.69, 9.17) is 14.2 Å². The summed E-state index contributed by atoms with van der Waals surface area (Å²) in [6.45, 7) is 3.90. The number of nitrogens with one attached hydrogen (secondary N) is 1. The summed E-state index contributed by atoms with van der Waals surface area (Å²) in [5, 5.41) is 3.92. The Morgan fingerprint density at radius 2 is 1.68 bits per heavy atom. The van der Waals surface area contributed by atoms with Gasteiger partial charge >= 0.3 is 0 Å². The van der Waals surface area contributed by atoms with Gasteiger partial charge in [-0.3, -0.25) is 4.79 Å². The van der Waals surface area contributed by atoms with Crippen LogP contribution in [0.25, 0.3) is 10.9 Å². The number of nitrogens with zero attached hydrogens (tertiary/aromatic N) is 1. The number of aryl methyl sites for hydroxylation is 1. The number of benzene rings is 2. The van der Waals surface area contributed by atoms with Gasteiger partial charge < -0.3 is 19.5 Å². The molecule has 1 heterocycles. The lowest BCUT2D eigenvalue weighted by Gasteiger charge is -2.19. The molecule has 0 fully saturated rings. The van der Waals surface area contributed by atoms with Gasteiger partial charge in [0.05, 0.1) is 32.9 Å². The molecule has 6 nitrogen and oxygen atoms in total. The van der Waals surface area contributed by atoms with Crippen LogP contribution >= 0.6 is 0 Å². The Balaban J connectivity index is 1.83. The predicted octanol–water partition coefficient (Wildman–Crippen LogP) is 4.06. The molecule has 0 aliphatic heterocycles. The number of hydrogen-bond acceptors (Lipinski definition) is 5. The van der Waals surface area contributed by atoms with Crippen LogP contribution in [0, 0.1) is 6.92 Å². The first-order chi connectivity index (χ1) is 13.5. The van der Waals surface area contributed by atoms with E-state index in [0.717, 1.165) is 27.8 Å². The lowest BCUT2D eigenvalue weighted by Crippen LogP contribution is -2.28. The fraction of sp³-hybridized carbons (Fsp3) is 0.273. The maximum absolute atomic E-state index is 12.7. The van der Waals surface area contributed by atoms with Crippen molar-refractivity contribution in [2.75, 3.05) is 21.3 Å². The summed E-state index contributed by atoms with van der Waals surface area (Å²) in [7, 11) is 4.81. The molecule has 0 aliphatic carbocycles. The van der Waals surface area contributed by atoms with E-state index in [-0.39, 0.29) is 11.9 Å². The molecule has 3 aromatic rings. The van der Waals surface area contributed by atoms with E-state index in [2.05, 4.69) is 10.3 Å². The van der Waals surface area contributed by atoms with Gasteiger partial charge in [-0.2, -0.15) is 0 Å². The zero-order valence-electron chi connectivity index (χ0n) is 16.7. The molecular formula is C22H24N2O4. The van der Waals surface area contributed by atoms with Gasteiger partial charge in [-0.1, -0.05) is 6.07 Å². The molecule has 0 spiro atoms. The van der Waals surface area contributed by atoms with E-state index in [0.29, 0.717) is 17.2 Å². The molecule has 146 valence electrons. The average molecular weight is 380 g/mol. The zero-order valence-corrected chi connectivity index (χ0v) is 16.7. The number of fused-ring (bicyclic) bond motifs is 1. The van der Waals surface area contributed by atoms with Gasteiger partial charge in [0.15, 0.2) is 11.5 Å². The first-order valence-corrected chi connectivity index (χ1v) is 8.95. The second-order valence-electron chi connectivity index (χ2n) is 6.51. The van der Waals surface area contributed by atoms with E-state index in [9.17, 15) is 4.79 Å². The SMILES string of the molecule is COc1ccc2nc(C(=O)NC(C)c3cc(OC)c(OC)cc3C)ccc2c1. The number of aromatic nitrogens is 1. The molecule has 0 saturated carbocycles. The maximum atomic E-state index is 12.7. The summed E-state index contributed by atoms with van der Waals surface area (Å²) in [5.41, 5.74) is 3.06. The normalized spacial score (nSPS) is 11.8. The maximum Gasteiger partial charge on any atom is 0.270 e. The van der Waals surface area contributed by atoms with Gasteiger partial charge in [0.25, 0.3) is 5.91 Å². The van der Waals surface area contributed by atoms with Crippen molar-refractivity contribution < 1.29 is 19.0 Å². The molecule has 0 radical (unpaired) electrons. The van der Waals surface area contributed by atoms with E-state index in [1.165, 1.54) is 0 Å². The molecule has 28 heavy (non-hydrogen) atoms. The van der Waals surface area contributed by atoms with Crippen LogP contribution in [0.3, 0.4) is 0 Å².